The van der Waals surface area contributed by atoms with Gasteiger partial charge >= 0.3 is 0 Å². The van der Waals surface area contributed by atoms with E-state index in [1.54, 1.807) is 0 Å². The quantitative estimate of drug-likeness (QED) is 0.799. The van der Waals surface area contributed by atoms with E-state index in [1.165, 1.54) is 11.3 Å². The second kappa shape index (κ2) is 6.53. The first-order chi connectivity index (χ1) is 9.24. The lowest BCUT2D eigenvalue weighted by Crippen LogP contribution is -2.21. The summed E-state index contributed by atoms with van der Waals surface area (Å²) in [6.45, 7) is 4.07. The minimum Gasteiger partial charge on any atom is -0.387 e. The summed E-state index contributed by atoms with van der Waals surface area (Å²) in [7, 11) is 1.91. The molecule has 0 aromatic heterocycles. The van der Waals surface area contributed by atoms with E-state index in [0.717, 1.165) is 23.7 Å². The van der Waals surface area contributed by atoms with Crippen molar-refractivity contribution < 1.29 is 0 Å². The fourth-order valence-electron chi connectivity index (χ4n) is 2.12. The minimum absolute atomic E-state index is 0.920. The van der Waals surface area contributed by atoms with E-state index in [1.807, 2.05) is 13.1 Å². The molecule has 0 radical (unpaired) electrons. The van der Waals surface area contributed by atoms with E-state index in [4.69, 9.17) is 0 Å². The van der Waals surface area contributed by atoms with E-state index < -0.39 is 0 Å². The van der Waals surface area contributed by atoms with Gasteiger partial charge in [0, 0.05) is 36.4 Å². The highest BCUT2D eigenvalue weighted by Gasteiger charge is 2.07. The van der Waals surface area contributed by atoms with Crippen molar-refractivity contribution >= 4 is 24.0 Å². The number of rotatable bonds is 5. The lowest BCUT2D eigenvalue weighted by atomic mass is 10.2. The zero-order valence-corrected chi connectivity index (χ0v) is 12.3. The second-order valence-electron chi connectivity index (χ2n) is 4.45. The van der Waals surface area contributed by atoms with Crippen LogP contribution in [0.5, 0.6) is 0 Å². The van der Waals surface area contributed by atoms with Crippen molar-refractivity contribution in [2.45, 2.75) is 18.4 Å². The van der Waals surface area contributed by atoms with Crippen molar-refractivity contribution in [3.05, 3.63) is 54.1 Å². The molecule has 19 heavy (non-hydrogen) atoms. The lowest BCUT2D eigenvalue weighted by Gasteiger charge is -2.24. The van der Waals surface area contributed by atoms with E-state index in [0.29, 0.717) is 0 Å². The maximum atomic E-state index is 4.52. The Morgan fingerprint density at radius 1 is 1.11 bits per heavy atom. The van der Waals surface area contributed by atoms with Gasteiger partial charge in [0.25, 0.3) is 0 Å². The van der Waals surface area contributed by atoms with Gasteiger partial charge in [-0.15, -0.1) is 12.6 Å². The number of hydrogen-bond donors (Lipinski definition) is 2. The van der Waals surface area contributed by atoms with Gasteiger partial charge < -0.3 is 10.2 Å². The van der Waals surface area contributed by atoms with Crippen molar-refractivity contribution in [2.75, 3.05) is 23.8 Å². The first kappa shape index (κ1) is 13.8. The van der Waals surface area contributed by atoms with Gasteiger partial charge in [-0.3, -0.25) is 0 Å². The predicted molar refractivity (Wildman–Crippen MR) is 86.4 cm³/mol. The van der Waals surface area contributed by atoms with Crippen molar-refractivity contribution in [1.82, 2.24) is 0 Å². The molecule has 0 aliphatic heterocycles. The number of benzene rings is 2. The van der Waals surface area contributed by atoms with Gasteiger partial charge in [0.05, 0.1) is 0 Å². The van der Waals surface area contributed by atoms with Crippen LogP contribution in [0.4, 0.5) is 11.4 Å². The Kier molecular flexibility index (Phi) is 4.74. The van der Waals surface area contributed by atoms with E-state index in [2.05, 4.69) is 72.2 Å². The fraction of sp³-hybridized carbons (Fsp3) is 0.250. The van der Waals surface area contributed by atoms with E-state index in [9.17, 15) is 0 Å². The fourth-order valence-corrected chi connectivity index (χ4v) is 2.44. The third-order valence-corrected chi connectivity index (χ3v) is 3.58. The Morgan fingerprint density at radius 3 is 2.42 bits per heavy atom. The number of thiol groups is 1. The first-order valence-corrected chi connectivity index (χ1v) is 6.99. The zero-order chi connectivity index (χ0) is 13.7. The van der Waals surface area contributed by atoms with Gasteiger partial charge in [-0.05, 0) is 30.7 Å². The largest absolute Gasteiger partial charge is 0.387 e. The number of anilines is 2. The van der Waals surface area contributed by atoms with E-state index in [-0.39, 0.29) is 0 Å². The van der Waals surface area contributed by atoms with Crippen LogP contribution in [0.3, 0.4) is 0 Å². The molecule has 0 bridgehead atoms. The smallest absolute Gasteiger partial charge is 0.0474 e. The molecular formula is C16H20N2S. The molecule has 0 spiro atoms. The molecule has 0 aliphatic carbocycles. The Bertz CT molecular complexity index is 526. The minimum atomic E-state index is 0.920. The first-order valence-electron chi connectivity index (χ1n) is 6.54. The summed E-state index contributed by atoms with van der Waals surface area (Å²) in [5.74, 6) is 0. The molecule has 0 saturated carbocycles. The summed E-state index contributed by atoms with van der Waals surface area (Å²) in [4.78, 5) is 3.32. The van der Waals surface area contributed by atoms with Crippen LogP contribution < -0.4 is 10.2 Å². The molecule has 0 unspecified atom stereocenters. The van der Waals surface area contributed by atoms with E-state index >= 15 is 0 Å². The molecule has 2 aromatic rings. The Labute approximate surface area is 120 Å². The Morgan fingerprint density at radius 2 is 1.84 bits per heavy atom. The van der Waals surface area contributed by atoms with Crippen LogP contribution in [0.1, 0.15) is 12.5 Å². The average Bonchev–Trinajstić information content (AvgIpc) is 2.46. The molecule has 1 N–H and O–H groups in total. The molecule has 100 valence electrons. The van der Waals surface area contributed by atoms with Gasteiger partial charge in [-0.2, -0.15) is 0 Å². The van der Waals surface area contributed by atoms with Crippen molar-refractivity contribution in [3.63, 3.8) is 0 Å². The molecule has 2 nitrogen and oxygen atoms in total. The van der Waals surface area contributed by atoms with Crippen LogP contribution in [0.2, 0.25) is 0 Å². The molecular weight excluding hydrogens is 252 g/mol. The number of nitrogens with zero attached hydrogens (tertiary/aromatic N) is 1. The summed E-state index contributed by atoms with van der Waals surface area (Å²) >= 11 is 4.52. The molecule has 0 aliphatic rings. The van der Waals surface area contributed by atoms with Crippen LogP contribution in [-0.2, 0) is 6.54 Å². The third-order valence-electron chi connectivity index (χ3n) is 3.21. The monoisotopic (exact) mass is 272 g/mol. The highest BCUT2D eigenvalue weighted by Crippen LogP contribution is 2.26. The maximum Gasteiger partial charge on any atom is 0.0474 e. The molecule has 0 heterocycles. The van der Waals surface area contributed by atoms with Gasteiger partial charge in [0.1, 0.15) is 0 Å². The highest BCUT2D eigenvalue weighted by atomic mass is 32.1. The molecule has 0 fully saturated rings. The average molecular weight is 272 g/mol. The summed E-state index contributed by atoms with van der Waals surface area (Å²) in [5.41, 5.74) is 3.58. The van der Waals surface area contributed by atoms with Crippen LogP contribution >= 0.6 is 12.6 Å². The van der Waals surface area contributed by atoms with Crippen molar-refractivity contribution in [1.29, 1.82) is 0 Å². The molecule has 3 heteroatoms. The topological polar surface area (TPSA) is 15.3 Å². The highest BCUT2D eigenvalue weighted by molar-refractivity contribution is 7.80. The van der Waals surface area contributed by atoms with Crippen molar-refractivity contribution in [3.8, 4) is 0 Å². The molecule has 0 saturated heterocycles. The third kappa shape index (κ3) is 3.44. The number of hydrogen-bond acceptors (Lipinski definition) is 3. The predicted octanol–water partition coefficient (Wildman–Crippen LogP) is 4.04. The maximum absolute atomic E-state index is 4.52. The Balaban J connectivity index is 2.20. The molecule has 0 atom stereocenters. The van der Waals surface area contributed by atoms with Gasteiger partial charge in [-0.1, -0.05) is 30.3 Å². The van der Waals surface area contributed by atoms with Crippen LogP contribution in [0.25, 0.3) is 0 Å². The molecule has 0 amide bonds. The summed E-state index contributed by atoms with van der Waals surface area (Å²) in [5, 5.41) is 3.13. The van der Waals surface area contributed by atoms with Crippen LogP contribution in [0, 0.1) is 0 Å². The zero-order valence-electron chi connectivity index (χ0n) is 11.4. The van der Waals surface area contributed by atoms with Crippen molar-refractivity contribution in [2.24, 2.45) is 0 Å². The normalized spacial score (nSPS) is 10.3. The standard InChI is InChI=1S/C16H20N2S/c1-3-18(12-13-7-5-4-6-8-13)14-9-10-15(17-2)16(19)11-14/h4-11,17,19H,3,12H2,1-2H3. The summed E-state index contributed by atoms with van der Waals surface area (Å²) in [6, 6.07) is 16.9. The number of nitrogens with one attached hydrogen (secondary N) is 1. The van der Waals surface area contributed by atoms with Gasteiger partial charge in [0.15, 0.2) is 0 Å². The van der Waals surface area contributed by atoms with Gasteiger partial charge in [0.2, 0.25) is 0 Å². The van der Waals surface area contributed by atoms with Crippen LogP contribution in [0.15, 0.2) is 53.4 Å². The molecule has 2 aromatic carbocycles. The van der Waals surface area contributed by atoms with Crippen LogP contribution in [-0.4, -0.2) is 13.6 Å². The summed E-state index contributed by atoms with van der Waals surface area (Å²) in [6.07, 6.45) is 0. The second-order valence-corrected chi connectivity index (χ2v) is 4.93. The lowest BCUT2D eigenvalue weighted by molar-refractivity contribution is 0.830. The molecule has 2 rings (SSSR count). The summed E-state index contributed by atoms with van der Waals surface area (Å²) < 4.78 is 0. The Hall–Kier alpha value is -1.61. The van der Waals surface area contributed by atoms with Gasteiger partial charge in [-0.25, -0.2) is 0 Å². The SMILES string of the molecule is CCN(Cc1ccccc1)c1ccc(NC)c(S)c1.